The van der Waals surface area contributed by atoms with Gasteiger partial charge in [-0.15, -0.1) is 0 Å². The summed E-state index contributed by atoms with van der Waals surface area (Å²) >= 11 is 0. The van der Waals surface area contributed by atoms with Crippen molar-refractivity contribution in [2.24, 2.45) is 5.41 Å². The highest BCUT2D eigenvalue weighted by Gasteiger charge is 2.38. The first-order chi connectivity index (χ1) is 13.1. The molecule has 0 aliphatic carbocycles. The molecule has 4 nitrogen and oxygen atoms in total. The van der Waals surface area contributed by atoms with Crippen LogP contribution in [0.2, 0.25) is 0 Å². The van der Waals surface area contributed by atoms with Gasteiger partial charge >= 0.3 is 0 Å². The quantitative estimate of drug-likeness (QED) is 0.592. The zero-order valence-corrected chi connectivity index (χ0v) is 17.7. The average Bonchev–Trinajstić information content (AvgIpc) is 2.62. The van der Waals surface area contributed by atoms with Crippen LogP contribution in [0.4, 0.5) is 0 Å². The SMILES string of the molecule is Cc1cc(CCCc2ccc(CO)c(CO)c2)ccc1OC(C)(O)C(C)(C)C. The van der Waals surface area contributed by atoms with Crippen molar-refractivity contribution >= 4 is 0 Å². The van der Waals surface area contributed by atoms with Gasteiger partial charge in [0.15, 0.2) is 0 Å². The Labute approximate surface area is 168 Å². The number of aliphatic hydroxyl groups excluding tert-OH is 2. The fraction of sp³-hybridized carbons (Fsp3) is 0.500. The van der Waals surface area contributed by atoms with E-state index in [2.05, 4.69) is 12.1 Å². The molecule has 0 saturated heterocycles. The molecule has 0 saturated carbocycles. The fourth-order valence-corrected chi connectivity index (χ4v) is 2.98. The zero-order valence-electron chi connectivity index (χ0n) is 17.7. The molecule has 1 unspecified atom stereocenters. The van der Waals surface area contributed by atoms with E-state index in [-0.39, 0.29) is 13.2 Å². The van der Waals surface area contributed by atoms with Gasteiger partial charge in [0, 0.05) is 12.3 Å². The molecule has 1 atom stereocenters. The first kappa shape index (κ1) is 22.4. The van der Waals surface area contributed by atoms with Gasteiger partial charge in [-0.1, -0.05) is 51.1 Å². The van der Waals surface area contributed by atoms with Gasteiger partial charge in [0.1, 0.15) is 5.75 Å². The van der Waals surface area contributed by atoms with Crippen LogP contribution in [0.5, 0.6) is 5.75 Å². The number of hydrogen-bond acceptors (Lipinski definition) is 4. The molecule has 0 spiro atoms. The van der Waals surface area contributed by atoms with Crippen LogP contribution in [0.1, 0.15) is 61.9 Å². The Morgan fingerprint density at radius 2 is 1.39 bits per heavy atom. The molecule has 0 aliphatic rings. The first-order valence-corrected chi connectivity index (χ1v) is 9.90. The summed E-state index contributed by atoms with van der Waals surface area (Å²) in [6.07, 6.45) is 2.84. The van der Waals surface area contributed by atoms with Crippen LogP contribution < -0.4 is 4.74 Å². The van der Waals surface area contributed by atoms with Gasteiger partial charge in [-0.05, 0) is 60.1 Å². The molecule has 0 aliphatic heterocycles. The number of aryl methyl sites for hydroxylation is 3. The topological polar surface area (TPSA) is 69.9 Å². The van der Waals surface area contributed by atoms with Crippen LogP contribution in [-0.2, 0) is 26.1 Å². The summed E-state index contributed by atoms with van der Waals surface area (Å²) in [4.78, 5) is 0. The van der Waals surface area contributed by atoms with E-state index in [4.69, 9.17) is 4.74 Å². The van der Waals surface area contributed by atoms with Crippen LogP contribution in [-0.4, -0.2) is 21.1 Å². The Bertz CT molecular complexity index is 788. The Morgan fingerprint density at radius 1 is 0.821 bits per heavy atom. The van der Waals surface area contributed by atoms with Crippen molar-refractivity contribution < 1.29 is 20.1 Å². The molecule has 154 valence electrons. The Morgan fingerprint density at radius 3 is 1.93 bits per heavy atom. The summed E-state index contributed by atoms with van der Waals surface area (Å²) in [6.45, 7) is 9.44. The second-order valence-corrected chi connectivity index (χ2v) is 8.71. The average molecular weight is 387 g/mol. The van der Waals surface area contributed by atoms with Crippen LogP contribution in [0.25, 0.3) is 0 Å². The molecule has 0 bridgehead atoms. The third kappa shape index (κ3) is 5.57. The minimum atomic E-state index is -1.25. The summed E-state index contributed by atoms with van der Waals surface area (Å²) in [5.74, 6) is -0.541. The number of rotatable bonds is 8. The standard InChI is InChI=1S/C24H34O4/c1-17-13-18(10-12-22(17)28-24(5,27)23(2,3)4)7-6-8-19-9-11-20(15-25)21(14-19)16-26/h9-14,25-27H,6-8,15-16H2,1-5H3. The highest BCUT2D eigenvalue weighted by atomic mass is 16.6. The van der Waals surface area contributed by atoms with Crippen molar-refractivity contribution in [3.05, 3.63) is 64.2 Å². The monoisotopic (exact) mass is 386 g/mol. The molecule has 4 heteroatoms. The smallest absolute Gasteiger partial charge is 0.210 e. The lowest BCUT2D eigenvalue weighted by atomic mass is 9.86. The van der Waals surface area contributed by atoms with Gasteiger partial charge in [-0.2, -0.15) is 0 Å². The van der Waals surface area contributed by atoms with E-state index in [1.165, 1.54) is 11.1 Å². The molecular weight excluding hydrogens is 352 g/mol. The second kappa shape index (κ2) is 9.08. The maximum atomic E-state index is 10.6. The van der Waals surface area contributed by atoms with E-state index in [1.807, 2.05) is 52.0 Å². The highest BCUT2D eigenvalue weighted by molar-refractivity contribution is 5.37. The van der Waals surface area contributed by atoms with Crippen molar-refractivity contribution in [2.75, 3.05) is 0 Å². The number of benzene rings is 2. The Hall–Kier alpha value is -1.88. The van der Waals surface area contributed by atoms with E-state index in [0.29, 0.717) is 5.75 Å². The molecular formula is C24H34O4. The van der Waals surface area contributed by atoms with Gasteiger partial charge in [-0.3, -0.25) is 0 Å². The van der Waals surface area contributed by atoms with E-state index in [9.17, 15) is 15.3 Å². The summed E-state index contributed by atoms with van der Waals surface area (Å²) in [7, 11) is 0. The van der Waals surface area contributed by atoms with E-state index < -0.39 is 11.2 Å². The van der Waals surface area contributed by atoms with E-state index >= 15 is 0 Å². The van der Waals surface area contributed by atoms with Crippen molar-refractivity contribution in [3.8, 4) is 5.75 Å². The van der Waals surface area contributed by atoms with E-state index in [1.54, 1.807) is 6.92 Å². The minimum Gasteiger partial charge on any atom is -0.462 e. The number of hydrogen-bond donors (Lipinski definition) is 3. The van der Waals surface area contributed by atoms with Crippen molar-refractivity contribution in [3.63, 3.8) is 0 Å². The minimum absolute atomic E-state index is 0.0496. The van der Waals surface area contributed by atoms with Gasteiger partial charge in [-0.25, -0.2) is 0 Å². The summed E-state index contributed by atoms with van der Waals surface area (Å²) < 4.78 is 5.88. The Kier molecular flexibility index (Phi) is 7.27. The molecule has 2 aromatic carbocycles. The summed E-state index contributed by atoms with van der Waals surface area (Å²) in [6, 6.07) is 12.0. The lowest BCUT2D eigenvalue weighted by Crippen LogP contribution is -2.45. The van der Waals surface area contributed by atoms with Crippen LogP contribution in [0, 0.1) is 12.3 Å². The summed E-state index contributed by atoms with van der Waals surface area (Å²) in [5.41, 5.74) is 4.59. The maximum absolute atomic E-state index is 10.6. The van der Waals surface area contributed by atoms with Crippen molar-refractivity contribution in [1.82, 2.24) is 0 Å². The van der Waals surface area contributed by atoms with Gasteiger partial charge in [0.05, 0.1) is 13.2 Å². The number of ether oxygens (including phenoxy) is 1. The highest BCUT2D eigenvalue weighted by Crippen LogP contribution is 2.34. The number of aliphatic hydroxyl groups is 3. The predicted molar refractivity (Wildman–Crippen MR) is 112 cm³/mol. The third-order valence-corrected chi connectivity index (χ3v) is 5.48. The molecule has 2 rings (SSSR count). The molecule has 3 N–H and O–H groups in total. The Balaban J connectivity index is 1.98. The third-order valence-electron chi connectivity index (χ3n) is 5.48. The van der Waals surface area contributed by atoms with Crippen molar-refractivity contribution in [2.45, 2.75) is 72.9 Å². The lowest BCUT2D eigenvalue weighted by molar-refractivity contribution is -0.192. The van der Waals surface area contributed by atoms with Crippen molar-refractivity contribution in [1.29, 1.82) is 0 Å². The lowest BCUT2D eigenvalue weighted by Gasteiger charge is -2.37. The molecule has 2 aromatic rings. The predicted octanol–water partition coefficient (Wildman–Crippen LogP) is 4.29. The van der Waals surface area contributed by atoms with Crippen LogP contribution in [0.15, 0.2) is 36.4 Å². The molecule has 0 aromatic heterocycles. The normalized spacial score (nSPS) is 14.0. The van der Waals surface area contributed by atoms with Gasteiger partial charge < -0.3 is 20.1 Å². The largest absolute Gasteiger partial charge is 0.462 e. The maximum Gasteiger partial charge on any atom is 0.210 e. The van der Waals surface area contributed by atoms with Gasteiger partial charge in [0.2, 0.25) is 5.79 Å². The van der Waals surface area contributed by atoms with Crippen LogP contribution in [0.3, 0.4) is 0 Å². The fourth-order valence-electron chi connectivity index (χ4n) is 2.98. The van der Waals surface area contributed by atoms with Gasteiger partial charge in [0.25, 0.3) is 0 Å². The molecule has 0 radical (unpaired) electrons. The molecule has 0 amide bonds. The molecule has 0 heterocycles. The molecule has 0 fully saturated rings. The zero-order chi connectivity index (χ0) is 20.9. The first-order valence-electron chi connectivity index (χ1n) is 9.90. The molecule has 28 heavy (non-hydrogen) atoms. The van der Waals surface area contributed by atoms with E-state index in [0.717, 1.165) is 36.0 Å². The van der Waals surface area contributed by atoms with Crippen LogP contribution >= 0.6 is 0 Å². The second-order valence-electron chi connectivity index (χ2n) is 8.71. The summed E-state index contributed by atoms with van der Waals surface area (Å²) in [5, 5.41) is 29.3.